The molecule has 1 saturated carbocycles. The van der Waals surface area contributed by atoms with Crippen LogP contribution in [0.4, 0.5) is 0 Å². The van der Waals surface area contributed by atoms with E-state index in [2.05, 4.69) is 17.5 Å². The number of hydrogen-bond donors (Lipinski definition) is 2. The third-order valence-electron chi connectivity index (χ3n) is 2.82. The van der Waals surface area contributed by atoms with Crippen molar-refractivity contribution in [1.82, 2.24) is 5.32 Å². The van der Waals surface area contributed by atoms with Crippen molar-refractivity contribution in [2.75, 3.05) is 0 Å². The Morgan fingerprint density at radius 2 is 2.17 bits per heavy atom. The Kier molecular flexibility index (Phi) is 2.47. The highest BCUT2D eigenvalue weighted by Crippen LogP contribution is 2.21. The van der Waals surface area contributed by atoms with E-state index in [0.717, 1.165) is 12.8 Å². The van der Waals surface area contributed by atoms with Gasteiger partial charge in [0.05, 0.1) is 6.10 Å². The molecule has 68 valence electrons. The number of aliphatic hydroxyl groups is 1. The molecule has 0 amide bonds. The van der Waals surface area contributed by atoms with Gasteiger partial charge < -0.3 is 10.4 Å². The second-order valence-electron chi connectivity index (χ2n) is 3.95. The summed E-state index contributed by atoms with van der Waals surface area (Å²) in [5.74, 6) is 0. The van der Waals surface area contributed by atoms with Crippen molar-refractivity contribution >= 4 is 0 Å². The van der Waals surface area contributed by atoms with Crippen molar-refractivity contribution in [3.63, 3.8) is 0 Å². The molecule has 0 saturated heterocycles. The predicted molar refractivity (Wildman–Crippen MR) is 48.9 cm³/mol. The normalized spacial score (nSPS) is 40.9. The summed E-state index contributed by atoms with van der Waals surface area (Å²) in [4.78, 5) is 0. The van der Waals surface area contributed by atoms with E-state index in [0.29, 0.717) is 12.1 Å². The minimum absolute atomic E-state index is 0.0323. The number of aliphatic hydroxyl groups excluding tert-OH is 1. The largest absolute Gasteiger partial charge is 0.393 e. The van der Waals surface area contributed by atoms with Gasteiger partial charge in [0.2, 0.25) is 0 Å². The van der Waals surface area contributed by atoms with E-state index >= 15 is 0 Å². The molecule has 1 fully saturated rings. The summed E-state index contributed by atoms with van der Waals surface area (Å²) in [5, 5.41) is 12.6. The minimum atomic E-state index is -0.0323. The quantitative estimate of drug-likeness (QED) is 0.606. The number of rotatable bonds is 2. The van der Waals surface area contributed by atoms with Crippen molar-refractivity contribution < 1.29 is 5.11 Å². The fourth-order valence-electron chi connectivity index (χ4n) is 1.98. The van der Waals surface area contributed by atoms with E-state index in [1.54, 1.807) is 0 Å². The molecule has 2 nitrogen and oxygen atoms in total. The molecule has 1 unspecified atom stereocenters. The van der Waals surface area contributed by atoms with Crippen LogP contribution in [0.5, 0.6) is 0 Å². The van der Waals surface area contributed by atoms with Gasteiger partial charge in [-0.05, 0) is 32.1 Å². The Hall–Kier alpha value is -0.340. The topological polar surface area (TPSA) is 32.3 Å². The molecule has 12 heavy (non-hydrogen) atoms. The predicted octanol–water partition coefficient (Wildman–Crippen LogP) is 1.21. The molecule has 0 heterocycles. The summed E-state index contributed by atoms with van der Waals surface area (Å²) in [6.45, 7) is 0. The Morgan fingerprint density at radius 3 is 2.75 bits per heavy atom. The van der Waals surface area contributed by atoms with Gasteiger partial charge in [-0.15, -0.1) is 0 Å². The highest BCUT2D eigenvalue weighted by atomic mass is 16.3. The van der Waals surface area contributed by atoms with Crippen LogP contribution in [-0.4, -0.2) is 23.3 Å². The van der Waals surface area contributed by atoms with Crippen LogP contribution in [0.15, 0.2) is 12.2 Å². The molecule has 0 aromatic rings. The van der Waals surface area contributed by atoms with E-state index in [9.17, 15) is 0 Å². The summed E-state index contributed by atoms with van der Waals surface area (Å²) < 4.78 is 0. The third kappa shape index (κ3) is 1.87. The molecule has 2 aliphatic carbocycles. The highest BCUT2D eigenvalue weighted by Gasteiger charge is 2.28. The molecular formula is C10H17NO. The highest BCUT2D eigenvalue weighted by molar-refractivity contribution is 5.00. The monoisotopic (exact) mass is 167 g/mol. The van der Waals surface area contributed by atoms with Gasteiger partial charge in [-0.2, -0.15) is 0 Å². The van der Waals surface area contributed by atoms with Gasteiger partial charge in [0, 0.05) is 12.1 Å². The van der Waals surface area contributed by atoms with Gasteiger partial charge >= 0.3 is 0 Å². The van der Waals surface area contributed by atoms with E-state index < -0.39 is 0 Å². The number of allylic oxidation sites excluding steroid dienone is 1. The lowest BCUT2D eigenvalue weighted by molar-refractivity contribution is 0.0593. The molecular weight excluding hydrogens is 150 g/mol. The Labute approximate surface area is 73.7 Å². The van der Waals surface area contributed by atoms with E-state index in [4.69, 9.17) is 5.11 Å². The van der Waals surface area contributed by atoms with Gasteiger partial charge in [-0.3, -0.25) is 0 Å². The first kappa shape index (κ1) is 8.27. The van der Waals surface area contributed by atoms with Crippen LogP contribution in [0, 0.1) is 0 Å². The van der Waals surface area contributed by atoms with Crippen molar-refractivity contribution in [1.29, 1.82) is 0 Å². The first-order valence-electron chi connectivity index (χ1n) is 4.95. The fourth-order valence-corrected chi connectivity index (χ4v) is 1.98. The molecule has 0 aromatic heterocycles. The second-order valence-corrected chi connectivity index (χ2v) is 3.95. The maximum absolute atomic E-state index is 9.09. The van der Waals surface area contributed by atoms with Gasteiger partial charge in [-0.1, -0.05) is 12.2 Å². The van der Waals surface area contributed by atoms with Crippen LogP contribution in [0.2, 0.25) is 0 Å². The summed E-state index contributed by atoms with van der Waals surface area (Å²) in [7, 11) is 0. The molecule has 0 aliphatic heterocycles. The van der Waals surface area contributed by atoms with Crippen LogP contribution < -0.4 is 5.32 Å². The van der Waals surface area contributed by atoms with Crippen LogP contribution >= 0.6 is 0 Å². The van der Waals surface area contributed by atoms with Crippen molar-refractivity contribution in [2.24, 2.45) is 0 Å². The Balaban J connectivity index is 1.72. The summed E-state index contributed by atoms with van der Waals surface area (Å²) in [5.41, 5.74) is 0. The van der Waals surface area contributed by atoms with Gasteiger partial charge in [0.1, 0.15) is 0 Å². The zero-order valence-corrected chi connectivity index (χ0v) is 7.37. The summed E-state index contributed by atoms with van der Waals surface area (Å²) in [6, 6.07) is 1.16. The van der Waals surface area contributed by atoms with Crippen LogP contribution in [0.1, 0.15) is 32.1 Å². The standard InChI is InChI=1S/C10H17NO/c12-10-6-9(7-10)11-8-4-2-1-3-5-8/h2,4,8-12H,1,3,5-7H2. The van der Waals surface area contributed by atoms with E-state index in [1.807, 2.05) is 0 Å². The molecule has 2 N–H and O–H groups in total. The van der Waals surface area contributed by atoms with Crippen molar-refractivity contribution in [3.05, 3.63) is 12.2 Å². The van der Waals surface area contributed by atoms with E-state index in [1.165, 1.54) is 19.3 Å². The molecule has 2 rings (SSSR count). The SMILES string of the molecule is OC1CC(NC2C=CCCC2)C1. The fraction of sp³-hybridized carbons (Fsp3) is 0.800. The zero-order chi connectivity index (χ0) is 8.39. The zero-order valence-electron chi connectivity index (χ0n) is 7.37. The maximum Gasteiger partial charge on any atom is 0.0570 e. The Morgan fingerprint density at radius 1 is 1.33 bits per heavy atom. The first-order valence-corrected chi connectivity index (χ1v) is 4.95. The maximum atomic E-state index is 9.09. The van der Waals surface area contributed by atoms with Crippen LogP contribution in [0.3, 0.4) is 0 Å². The molecule has 0 radical (unpaired) electrons. The van der Waals surface area contributed by atoms with E-state index in [-0.39, 0.29) is 6.10 Å². The van der Waals surface area contributed by atoms with Crippen molar-refractivity contribution in [3.8, 4) is 0 Å². The number of nitrogens with one attached hydrogen (secondary N) is 1. The van der Waals surface area contributed by atoms with Gasteiger partial charge in [0.25, 0.3) is 0 Å². The lowest BCUT2D eigenvalue weighted by Gasteiger charge is -2.35. The molecule has 0 bridgehead atoms. The van der Waals surface area contributed by atoms with Gasteiger partial charge in [-0.25, -0.2) is 0 Å². The smallest absolute Gasteiger partial charge is 0.0570 e. The average Bonchev–Trinajstić information content (AvgIpc) is 2.04. The number of hydrogen-bond acceptors (Lipinski definition) is 2. The van der Waals surface area contributed by atoms with Crippen LogP contribution in [-0.2, 0) is 0 Å². The Bertz CT molecular complexity index is 173. The average molecular weight is 167 g/mol. The van der Waals surface area contributed by atoms with Crippen LogP contribution in [0.25, 0.3) is 0 Å². The second kappa shape index (κ2) is 3.58. The molecule has 1 atom stereocenters. The van der Waals surface area contributed by atoms with Crippen molar-refractivity contribution in [2.45, 2.75) is 50.3 Å². The lowest BCUT2D eigenvalue weighted by Crippen LogP contribution is -2.48. The summed E-state index contributed by atoms with van der Waals surface area (Å²) >= 11 is 0. The molecule has 0 spiro atoms. The first-order chi connectivity index (χ1) is 5.84. The molecule has 0 aromatic carbocycles. The third-order valence-corrected chi connectivity index (χ3v) is 2.82. The summed E-state index contributed by atoms with van der Waals surface area (Å²) in [6.07, 6.45) is 10.2. The van der Waals surface area contributed by atoms with Gasteiger partial charge in [0.15, 0.2) is 0 Å². The minimum Gasteiger partial charge on any atom is -0.393 e. The lowest BCUT2D eigenvalue weighted by atomic mass is 9.88. The molecule has 2 heteroatoms. The molecule has 2 aliphatic rings.